The number of aliphatic hydroxyl groups is 2. The van der Waals surface area contributed by atoms with Crippen molar-refractivity contribution in [3.63, 3.8) is 0 Å². The highest BCUT2D eigenvalue weighted by atomic mass is 35.5. The van der Waals surface area contributed by atoms with E-state index in [4.69, 9.17) is 21.1 Å². The van der Waals surface area contributed by atoms with Gasteiger partial charge in [-0.05, 0) is 24.0 Å². The van der Waals surface area contributed by atoms with E-state index >= 15 is 0 Å². The number of nitrogens with zero attached hydrogens (tertiary/aromatic N) is 3. The summed E-state index contributed by atoms with van der Waals surface area (Å²) in [5, 5.41) is 31.7. The van der Waals surface area contributed by atoms with Crippen molar-refractivity contribution < 1.29 is 43.2 Å². The van der Waals surface area contributed by atoms with Crippen LogP contribution in [0.5, 0.6) is 0 Å². The van der Waals surface area contributed by atoms with Crippen LogP contribution in [-0.4, -0.2) is 68.7 Å². The number of aromatic nitrogens is 2. The molecule has 0 radical (unpaired) electrons. The van der Waals surface area contributed by atoms with E-state index < -0.39 is 51.2 Å². The van der Waals surface area contributed by atoms with Crippen LogP contribution < -0.4 is 0 Å². The number of nitriles is 1. The van der Waals surface area contributed by atoms with Gasteiger partial charge in [-0.2, -0.15) is 5.26 Å². The summed E-state index contributed by atoms with van der Waals surface area (Å²) < 4.78 is 33.6. The Bertz CT molecular complexity index is 1230. The lowest BCUT2D eigenvalue weighted by Gasteiger charge is -2.19. The number of esters is 1. The molecule has 1 saturated heterocycles. The predicted molar refractivity (Wildman–Crippen MR) is 129 cm³/mol. The summed E-state index contributed by atoms with van der Waals surface area (Å²) in [5.41, 5.74) is 1.56. The summed E-state index contributed by atoms with van der Waals surface area (Å²) in [6.45, 7) is 0.0937. The molecule has 1 aliphatic heterocycles. The zero-order valence-corrected chi connectivity index (χ0v) is 21.8. The fourth-order valence-corrected chi connectivity index (χ4v) is 5.71. The van der Waals surface area contributed by atoms with Crippen molar-refractivity contribution in [1.82, 2.24) is 9.55 Å². The highest BCUT2D eigenvalue weighted by Crippen LogP contribution is 2.42. The second-order valence-corrected chi connectivity index (χ2v) is 11.4. The summed E-state index contributed by atoms with van der Waals surface area (Å²) in [4.78, 5) is 24.9. The smallest absolute Gasteiger partial charge is 0.356 e. The number of rotatable bonds is 10. The Morgan fingerprint density at radius 2 is 2.08 bits per heavy atom. The number of carbonyl (C=O) groups excluding carboxylic acids is 1. The molecular formula is C23H29ClN3O9P. The lowest BCUT2D eigenvalue weighted by molar-refractivity contribution is -0.147. The van der Waals surface area contributed by atoms with E-state index in [1.807, 2.05) is 0 Å². The minimum atomic E-state index is -4.22. The number of hydrogen-bond donors (Lipinski definition) is 3. The highest BCUT2D eigenvalue weighted by molar-refractivity contribution is 7.52. The van der Waals surface area contributed by atoms with Crippen molar-refractivity contribution in [2.45, 2.75) is 63.6 Å². The van der Waals surface area contributed by atoms with Gasteiger partial charge in [0.25, 0.3) is 0 Å². The van der Waals surface area contributed by atoms with Gasteiger partial charge in [0.05, 0.1) is 12.2 Å². The molecule has 1 unspecified atom stereocenters. The van der Waals surface area contributed by atoms with Gasteiger partial charge in [0.15, 0.2) is 6.23 Å². The molecule has 2 fully saturated rings. The number of pyridine rings is 1. The van der Waals surface area contributed by atoms with Crippen molar-refractivity contribution in [3.05, 3.63) is 28.5 Å². The molecule has 4 rings (SSSR count). The lowest BCUT2D eigenvalue weighted by atomic mass is 9.94. The Kier molecular flexibility index (Phi) is 8.89. The molecule has 0 bridgehead atoms. The molecule has 2 aromatic rings. The first-order valence-corrected chi connectivity index (χ1v) is 14.0. The molecule has 2 aromatic heterocycles. The normalized spacial score (nSPS) is 25.8. The van der Waals surface area contributed by atoms with Crippen LogP contribution in [0.4, 0.5) is 0 Å². The number of aliphatic hydroxyl groups excluding tert-OH is 2. The number of ether oxygens (including phenoxy) is 3. The molecule has 14 heteroatoms. The third-order valence-corrected chi connectivity index (χ3v) is 7.96. The van der Waals surface area contributed by atoms with E-state index in [-0.39, 0.29) is 11.8 Å². The topological polar surface area (TPSA) is 173 Å². The first-order valence-electron chi connectivity index (χ1n) is 11.9. The van der Waals surface area contributed by atoms with Gasteiger partial charge in [-0.15, -0.1) is 0 Å². The van der Waals surface area contributed by atoms with Crippen molar-refractivity contribution in [2.75, 3.05) is 19.7 Å². The van der Waals surface area contributed by atoms with E-state index in [1.54, 1.807) is 16.8 Å². The summed E-state index contributed by atoms with van der Waals surface area (Å²) in [5.74, 6) is -0.222. The lowest BCUT2D eigenvalue weighted by Crippen LogP contribution is -2.34. The molecule has 1 saturated carbocycles. The average Bonchev–Trinajstić information content (AvgIpc) is 3.55. The van der Waals surface area contributed by atoms with E-state index in [1.165, 1.54) is 0 Å². The summed E-state index contributed by atoms with van der Waals surface area (Å²) in [6.07, 6.45) is 1.28. The fourth-order valence-electron chi connectivity index (χ4n) is 4.84. The van der Waals surface area contributed by atoms with Gasteiger partial charge in [-0.1, -0.05) is 37.3 Å². The average molecular weight is 558 g/mol. The maximum Gasteiger partial charge on any atom is 0.356 e. The van der Waals surface area contributed by atoms with E-state index in [2.05, 4.69) is 20.3 Å². The number of fused-ring (bicyclic) bond motifs is 1. The van der Waals surface area contributed by atoms with Gasteiger partial charge in [-0.3, -0.25) is 13.9 Å². The molecule has 0 aromatic carbocycles. The standard InChI is InChI=1S/C23H29ClN3O9P/c1-13(28)34-11-35-37(31,32)12-33-10-18-19(29)20(30)23(36-18)27-7-6-15-16(8-14-4-2-3-5-14)17(9-25)21(24)26-22(15)27/h6-7,14,18-20,23,29-30H,2-5,8,10-12H2,1H3,(H,31,32)/t18-,19-,20-,23-/m1/s1. The van der Waals surface area contributed by atoms with Crippen LogP contribution in [0, 0.1) is 17.2 Å². The Labute approximate surface area is 218 Å². The van der Waals surface area contributed by atoms with Gasteiger partial charge in [0.2, 0.25) is 6.79 Å². The van der Waals surface area contributed by atoms with Crippen molar-refractivity contribution in [3.8, 4) is 6.07 Å². The molecule has 3 N–H and O–H groups in total. The number of hydrogen-bond acceptors (Lipinski definition) is 10. The van der Waals surface area contributed by atoms with Crippen LogP contribution >= 0.6 is 19.2 Å². The number of halogens is 1. The zero-order chi connectivity index (χ0) is 26.7. The van der Waals surface area contributed by atoms with Crippen LogP contribution in [0.25, 0.3) is 11.0 Å². The maximum absolute atomic E-state index is 12.0. The van der Waals surface area contributed by atoms with Crippen molar-refractivity contribution in [1.29, 1.82) is 5.26 Å². The second-order valence-electron chi connectivity index (χ2n) is 9.25. The fraction of sp³-hybridized carbons (Fsp3) is 0.609. The quantitative estimate of drug-likeness (QED) is 0.169. The molecule has 37 heavy (non-hydrogen) atoms. The van der Waals surface area contributed by atoms with Gasteiger partial charge < -0.3 is 33.9 Å². The number of carbonyl (C=O) groups is 1. The van der Waals surface area contributed by atoms with Gasteiger partial charge in [0.1, 0.15) is 41.5 Å². The molecule has 3 heterocycles. The molecular weight excluding hydrogens is 529 g/mol. The first kappa shape index (κ1) is 28.0. The minimum Gasteiger partial charge on any atom is -0.438 e. The van der Waals surface area contributed by atoms with Gasteiger partial charge in [0, 0.05) is 18.5 Å². The monoisotopic (exact) mass is 557 g/mol. The molecule has 5 atom stereocenters. The molecule has 0 amide bonds. The summed E-state index contributed by atoms with van der Waals surface area (Å²) in [6, 6.07) is 3.96. The third-order valence-electron chi connectivity index (χ3n) is 6.67. The summed E-state index contributed by atoms with van der Waals surface area (Å²) in [7, 11) is -4.22. The SMILES string of the molecule is CC(=O)OCOP(=O)(O)COC[C@H]1O[C@@H](n2ccc3c(CC4CCCC4)c(C#N)c(Cl)nc32)[C@H](O)[C@@H]1O. The van der Waals surface area contributed by atoms with Crippen LogP contribution in [0.3, 0.4) is 0 Å². The Balaban J connectivity index is 1.48. The Hall–Kier alpha value is -2.07. The second kappa shape index (κ2) is 11.8. The Morgan fingerprint density at radius 3 is 2.76 bits per heavy atom. The molecule has 2 aliphatic rings. The summed E-state index contributed by atoms with van der Waals surface area (Å²) >= 11 is 6.38. The minimum absolute atomic E-state index is 0.0586. The molecule has 0 spiro atoms. The maximum atomic E-state index is 12.0. The Morgan fingerprint density at radius 1 is 1.35 bits per heavy atom. The largest absolute Gasteiger partial charge is 0.438 e. The highest BCUT2D eigenvalue weighted by Gasteiger charge is 2.44. The van der Waals surface area contributed by atoms with Crippen molar-refractivity contribution >= 4 is 36.2 Å². The third kappa shape index (κ3) is 6.33. The van der Waals surface area contributed by atoms with Gasteiger partial charge in [-0.25, -0.2) is 4.98 Å². The van der Waals surface area contributed by atoms with Crippen LogP contribution in [0.15, 0.2) is 12.3 Å². The van der Waals surface area contributed by atoms with E-state index in [0.29, 0.717) is 23.5 Å². The first-order chi connectivity index (χ1) is 17.6. The zero-order valence-electron chi connectivity index (χ0n) is 20.2. The molecule has 1 aliphatic carbocycles. The van der Waals surface area contributed by atoms with Crippen LogP contribution in [-0.2, 0) is 34.5 Å². The predicted octanol–water partition coefficient (Wildman–Crippen LogP) is 2.61. The van der Waals surface area contributed by atoms with E-state index in [0.717, 1.165) is 43.6 Å². The molecule has 202 valence electrons. The van der Waals surface area contributed by atoms with E-state index in [9.17, 15) is 29.7 Å². The van der Waals surface area contributed by atoms with Crippen LogP contribution in [0.1, 0.15) is 50.0 Å². The van der Waals surface area contributed by atoms with Gasteiger partial charge >= 0.3 is 13.6 Å². The van der Waals surface area contributed by atoms with Crippen molar-refractivity contribution in [2.24, 2.45) is 5.92 Å². The van der Waals surface area contributed by atoms with Crippen LogP contribution in [0.2, 0.25) is 5.15 Å². The molecule has 12 nitrogen and oxygen atoms in total.